The Balaban J connectivity index is 1.89. The zero-order chi connectivity index (χ0) is 17.4. The predicted octanol–water partition coefficient (Wildman–Crippen LogP) is 1.93. The molecule has 2 aliphatic rings. The molecule has 0 saturated carbocycles. The highest BCUT2D eigenvalue weighted by Gasteiger charge is 2.39. The number of benzene rings is 1. The molecular weight excluding hydrogens is 355 g/mol. The minimum atomic E-state index is -0.351. The molecule has 0 spiro atoms. The quantitative estimate of drug-likeness (QED) is 0.795. The van der Waals surface area contributed by atoms with Crippen molar-refractivity contribution in [3.63, 3.8) is 0 Å². The number of nitrogens with zero attached hydrogens (tertiary/aromatic N) is 2. The van der Waals surface area contributed by atoms with Crippen molar-refractivity contribution in [2.75, 3.05) is 40.5 Å². The van der Waals surface area contributed by atoms with Crippen molar-refractivity contribution < 1.29 is 19.1 Å². The average molecular weight is 373 g/mol. The topological polar surface area (TPSA) is 59.1 Å². The molecule has 0 aliphatic carbocycles. The Morgan fingerprint density at radius 2 is 1.92 bits per heavy atom. The molecule has 2 aliphatic heterocycles. The number of rotatable bonds is 2. The number of hydrogen-bond donors (Lipinski definition) is 0. The highest BCUT2D eigenvalue weighted by Crippen LogP contribution is 2.34. The lowest BCUT2D eigenvalue weighted by Crippen LogP contribution is -2.45. The summed E-state index contributed by atoms with van der Waals surface area (Å²) in [5.74, 6) is -0.207. The van der Waals surface area contributed by atoms with Crippen LogP contribution in [0.5, 0.6) is 5.75 Å². The molecule has 24 heavy (non-hydrogen) atoms. The second kappa shape index (κ2) is 6.78. The third kappa shape index (κ3) is 3.06. The van der Waals surface area contributed by atoms with Gasteiger partial charge in [0, 0.05) is 25.7 Å². The molecule has 3 rings (SSSR count). The number of amides is 2. The minimum absolute atomic E-state index is 0.0126. The average Bonchev–Trinajstić information content (AvgIpc) is 2.72. The van der Waals surface area contributed by atoms with E-state index in [1.807, 2.05) is 0 Å². The molecule has 2 heterocycles. The summed E-state index contributed by atoms with van der Waals surface area (Å²) >= 11 is 12.3. The Labute approximate surface area is 150 Å². The van der Waals surface area contributed by atoms with Gasteiger partial charge in [-0.1, -0.05) is 23.2 Å². The zero-order valence-electron chi connectivity index (χ0n) is 13.4. The Morgan fingerprint density at radius 1 is 1.25 bits per heavy atom. The molecule has 0 aromatic heterocycles. The van der Waals surface area contributed by atoms with Crippen LogP contribution in [0, 0.1) is 5.92 Å². The van der Waals surface area contributed by atoms with Crippen LogP contribution in [0.3, 0.4) is 0 Å². The SMILES string of the molecule is COc1c(Cl)cc(C(=O)N2C[C@@H]3COC[C@H](C2)N(C)C3=O)cc1Cl. The van der Waals surface area contributed by atoms with Gasteiger partial charge in [0.05, 0.1) is 42.3 Å². The van der Waals surface area contributed by atoms with E-state index in [-0.39, 0.29) is 33.8 Å². The van der Waals surface area contributed by atoms with Gasteiger partial charge in [-0.3, -0.25) is 9.59 Å². The summed E-state index contributed by atoms with van der Waals surface area (Å²) in [6.45, 7) is 1.48. The molecule has 0 radical (unpaired) electrons. The number of carbonyl (C=O) groups is 2. The van der Waals surface area contributed by atoms with E-state index in [1.54, 1.807) is 16.8 Å². The fraction of sp³-hybridized carbons (Fsp3) is 0.500. The van der Waals surface area contributed by atoms with Gasteiger partial charge in [0.15, 0.2) is 5.75 Å². The smallest absolute Gasteiger partial charge is 0.254 e. The molecular formula is C16H18Cl2N2O4. The summed E-state index contributed by atoms with van der Waals surface area (Å²) in [5, 5.41) is 0.555. The number of methoxy groups -OCH3 is 1. The van der Waals surface area contributed by atoms with Crippen LogP contribution < -0.4 is 4.74 Å². The lowest BCUT2D eigenvalue weighted by atomic mass is 10.1. The lowest BCUT2D eigenvalue weighted by molar-refractivity contribution is -0.133. The predicted molar refractivity (Wildman–Crippen MR) is 89.8 cm³/mol. The first-order chi connectivity index (χ1) is 11.4. The van der Waals surface area contributed by atoms with Gasteiger partial charge in [-0.25, -0.2) is 0 Å². The summed E-state index contributed by atoms with van der Waals surface area (Å²) in [6, 6.07) is 2.92. The first-order valence-corrected chi connectivity index (χ1v) is 8.34. The van der Waals surface area contributed by atoms with Crippen LogP contribution in [-0.4, -0.2) is 68.1 Å². The van der Waals surface area contributed by atoms with E-state index in [9.17, 15) is 9.59 Å². The van der Waals surface area contributed by atoms with Gasteiger partial charge in [0.25, 0.3) is 5.91 Å². The van der Waals surface area contributed by atoms with Crippen LogP contribution in [0.1, 0.15) is 10.4 Å². The number of hydrogen-bond acceptors (Lipinski definition) is 4. The maximum Gasteiger partial charge on any atom is 0.254 e. The molecule has 0 N–H and O–H groups in total. The molecule has 2 amide bonds. The fourth-order valence-corrected chi connectivity index (χ4v) is 3.77. The maximum absolute atomic E-state index is 12.9. The Kier molecular flexibility index (Phi) is 4.90. The van der Waals surface area contributed by atoms with Crippen LogP contribution in [0.2, 0.25) is 10.0 Å². The molecule has 2 atom stereocenters. The fourth-order valence-electron chi connectivity index (χ4n) is 3.13. The Hall–Kier alpha value is -1.50. The second-order valence-electron chi connectivity index (χ2n) is 6.02. The van der Waals surface area contributed by atoms with Crippen molar-refractivity contribution in [2.45, 2.75) is 6.04 Å². The van der Waals surface area contributed by atoms with E-state index in [1.165, 1.54) is 19.2 Å². The van der Waals surface area contributed by atoms with Gasteiger partial charge in [-0.2, -0.15) is 0 Å². The van der Waals surface area contributed by atoms with Crippen LogP contribution in [0.4, 0.5) is 0 Å². The summed E-state index contributed by atoms with van der Waals surface area (Å²) in [6.07, 6.45) is 0. The molecule has 2 saturated heterocycles. The summed E-state index contributed by atoms with van der Waals surface area (Å²) in [4.78, 5) is 28.6. The highest BCUT2D eigenvalue weighted by atomic mass is 35.5. The molecule has 8 heteroatoms. The summed E-state index contributed by atoms with van der Waals surface area (Å²) in [7, 11) is 3.22. The van der Waals surface area contributed by atoms with Gasteiger partial charge < -0.3 is 19.3 Å². The second-order valence-corrected chi connectivity index (χ2v) is 6.84. The Bertz CT molecular complexity index is 659. The van der Waals surface area contributed by atoms with Gasteiger partial charge in [0.1, 0.15) is 0 Å². The van der Waals surface area contributed by atoms with Crippen LogP contribution >= 0.6 is 23.2 Å². The van der Waals surface area contributed by atoms with E-state index in [4.69, 9.17) is 32.7 Å². The third-order valence-electron chi connectivity index (χ3n) is 4.48. The van der Waals surface area contributed by atoms with Gasteiger partial charge in [-0.15, -0.1) is 0 Å². The molecule has 130 valence electrons. The first-order valence-electron chi connectivity index (χ1n) is 7.59. The number of likely N-dealkylation sites (N-methyl/N-ethyl adjacent to an activating group) is 1. The number of ether oxygens (including phenoxy) is 2. The van der Waals surface area contributed by atoms with Crippen molar-refractivity contribution in [3.05, 3.63) is 27.7 Å². The van der Waals surface area contributed by atoms with Gasteiger partial charge >= 0.3 is 0 Å². The molecule has 2 bridgehead atoms. The molecule has 2 fully saturated rings. The van der Waals surface area contributed by atoms with Crippen molar-refractivity contribution >= 4 is 35.0 Å². The highest BCUT2D eigenvalue weighted by molar-refractivity contribution is 6.37. The van der Waals surface area contributed by atoms with Crippen molar-refractivity contribution in [2.24, 2.45) is 5.92 Å². The number of carbonyl (C=O) groups excluding carboxylic acids is 2. The van der Waals surface area contributed by atoms with E-state index in [0.29, 0.717) is 37.6 Å². The third-order valence-corrected chi connectivity index (χ3v) is 5.04. The van der Waals surface area contributed by atoms with Gasteiger partial charge in [-0.05, 0) is 12.1 Å². The summed E-state index contributed by atoms with van der Waals surface area (Å²) < 4.78 is 10.7. The number of halogens is 2. The molecule has 0 unspecified atom stereocenters. The van der Waals surface area contributed by atoms with E-state index < -0.39 is 0 Å². The number of fused-ring (bicyclic) bond motifs is 3. The largest absolute Gasteiger partial charge is 0.494 e. The van der Waals surface area contributed by atoms with Crippen molar-refractivity contribution in [3.8, 4) is 5.75 Å². The van der Waals surface area contributed by atoms with E-state index in [2.05, 4.69) is 0 Å². The van der Waals surface area contributed by atoms with Crippen molar-refractivity contribution in [1.29, 1.82) is 0 Å². The van der Waals surface area contributed by atoms with Gasteiger partial charge in [0.2, 0.25) is 5.91 Å². The zero-order valence-corrected chi connectivity index (χ0v) is 14.9. The Morgan fingerprint density at radius 3 is 2.54 bits per heavy atom. The first kappa shape index (κ1) is 17.3. The van der Waals surface area contributed by atoms with Crippen LogP contribution in [-0.2, 0) is 9.53 Å². The normalized spacial score (nSPS) is 23.9. The lowest BCUT2D eigenvalue weighted by Gasteiger charge is -2.29. The molecule has 1 aromatic rings. The van der Waals surface area contributed by atoms with Crippen molar-refractivity contribution in [1.82, 2.24) is 9.80 Å². The molecule has 1 aromatic carbocycles. The van der Waals surface area contributed by atoms with Crippen LogP contribution in [0.25, 0.3) is 0 Å². The summed E-state index contributed by atoms with van der Waals surface area (Å²) in [5.41, 5.74) is 0.377. The minimum Gasteiger partial charge on any atom is -0.494 e. The van der Waals surface area contributed by atoms with E-state index >= 15 is 0 Å². The standard InChI is InChI=1S/C16H18Cl2N2O4/c1-19-11-6-20(5-10(15(19)21)7-24-8-11)16(22)9-3-12(17)14(23-2)13(18)4-9/h3-4,10-11H,5-8H2,1-2H3/t10-,11+/m1/s1. The maximum atomic E-state index is 12.9. The van der Waals surface area contributed by atoms with Crippen LogP contribution in [0.15, 0.2) is 12.1 Å². The van der Waals surface area contributed by atoms with E-state index in [0.717, 1.165) is 0 Å². The monoisotopic (exact) mass is 372 g/mol. The molecule has 6 nitrogen and oxygen atoms in total.